The van der Waals surface area contributed by atoms with Crippen molar-refractivity contribution in [3.63, 3.8) is 0 Å². The SMILES string of the molecule is O=C1OC(c2ccccc2)C/C1=C/c1ccc(Cl)cc1. The normalized spacial score (nSPS) is 20.1. The highest BCUT2D eigenvalue weighted by molar-refractivity contribution is 6.30. The number of ether oxygens (including phenoxy) is 1. The Balaban J connectivity index is 1.82. The van der Waals surface area contributed by atoms with Gasteiger partial charge in [-0.05, 0) is 29.3 Å². The molecule has 0 aromatic heterocycles. The number of carbonyl (C=O) groups excluding carboxylic acids is 1. The van der Waals surface area contributed by atoms with Crippen LogP contribution < -0.4 is 0 Å². The molecule has 1 aliphatic heterocycles. The number of hydrogen-bond acceptors (Lipinski definition) is 2. The summed E-state index contributed by atoms with van der Waals surface area (Å²) in [7, 11) is 0. The van der Waals surface area contributed by atoms with Gasteiger partial charge in [0.2, 0.25) is 0 Å². The molecule has 2 aromatic rings. The topological polar surface area (TPSA) is 26.3 Å². The van der Waals surface area contributed by atoms with Crippen LogP contribution in [0, 0.1) is 0 Å². The zero-order valence-corrected chi connectivity index (χ0v) is 11.5. The van der Waals surface area contributed by atoms with E-state index in [0.717, 1.165) is 11.1 Å². The first kappa shape index (κ1) is 12.9. The molecule has 3 heteroatoms. The molecule has 1 aliphatic rings. The molecule has 0 spiro atoms. The van der Waals surface area contributed by atoms with Crippen molar-refractivity contribution >= 4 is 23.6 Å². The molecule has 0 N–H and O–H groups in total. The third-order valence-corrected chi connectivity index (χ3v) is 3.55. The number of esters is 1. The number of benzene rings is 2. The Labute approximate surface area is 122 Å². The molecule has 1 atom stereocenters. The summed E-state index contributed by atoms with van der Waals surface area (Å²) >= 11 is 5.85. The monoisotopic (exact) mass is 284 g/mol. The van der Waals surface area contributed by atoms with E-state index in [1.165, 1.54) is 0 Å². The number of cyclic esters (lactones) is 1. The summed E-state index contributed by atoms with van der Waals surface area (Å²) in [5.74, 6) is -0.242. The van der Waals surface area contributed by atoms with Crippen molar-refractivity contribution in [1.82, 2.24) is 0 Å². The molecule has 1 saturated heterocycles. The Morgan fingerprint density at radius 1 is 1.05 bits per heavy atom. The van der Waals surface area contributed by atoms with Crippen LogP contribution >= 0.6 is 11.6 Å². The molecule has 1 unspecified atom stereocenters. The Hall–Kier alpha value is -2.06. The van der Waals surface area contributed by atoms with E-state index < -0.39 is 0 Å². The van der Waals surface area contributed by atoms with Gasteiger partial charge in [0.1, 0.15) is 6.10 Å². The number of rotatable bonds is 2. The van der Waals surface area contributed by atoms with E-state index in [4.69, 9.17) is 16.3 Å². The lowest BCUT2D eigenvalue weighted by Gasteiger charge is -2.07. The fraction of sp³-hybridized carbons (Fsp3) is 0.118. The summed E-state index contributed by atoms with van der Waals surface area (Å²) in [6.07, 6.45) is 2.29. The van der Waals surface area contributed by atoms with E-state index >= 15 is 0 Å². The zero-order valence-electron chi connectivity index (χ0n) is 10.8. The largest absolute Gasteiger partial charge is 0.454 e. The Bertz CT molecular complexity index is 644. The molecule has 2 aromatic carbocycles. The minimum atomic E-state index is -0.242. The molecule has 2 nitrogen and oxygen atoms in total. The predicted octanol–water partition coefficient (Wildman–Crippen LogP) is 4.41. The number of hydrogen-bond donors (Lipinski definition) is 0. The highest BCUT2D eigenvalue weighted by Crippen LogP contribution is 2.33. The maximum absolute atomic E-state index is 11.9. The van der Waals surface area contributed by atoms with Crippen LogP contribution in [0.2, 0.25) is 5.02 Å². The smallest absolute Gasteiger partial charge is 0.334 e. The van der Waals surface area contributed by atoms with Gasteiger partial charge in [0.15, 0.2) is 0 Å². The molecule has 20 heavy (non-hydrogen) atoms. The fourth-order valence-electron chi connectivity index (χ4n) is 2.26. The molecule has 0 radical (unpaired) electrons. The standard InChI is InChI=1S/C17H13ClO2/c18-15-8-6-12(7-9-15)10-14-11-16(20-17(14)19)13-4-2-1-3-5-13/h1-10,16H,11H2/b14-10-. The summed E-state index contributed by atoms with van der Waals surface area (Å²) in [6, 6.07) is 17.2. The quantitative estimate of drug-likeness (QED) is 0.603. The lowest BCUT2D eigenvalue weighted by molar-refractivity contribution is -0.139. The first-order valence-corrected chi connectivity index (χ1v) is 6.82. The van der Waals surface area contributed by atoms with Crippen molar-refractivity contribution in [1.29, 1.82) is 0 Å². The van der Waals surface area contributed by atoms with E-state index in [9.17, 15) is 4.79 Å². The van der Waals surface area contributed by atoms with E-state index in [1.54, 1.807) is 0 Å². The van der Waals surface area contributed by atoms with Gasteiger partial charge < -0.3 is 4.74 Å². The van der Waals surface area contributed by atoms with Crippen LogP contribution in [0.25, 0.3) is 6.08 Å². The van der Waals surface area contributed by atoms with Gasteiger partial charge in [0.25, 0.3) is 0 Å². The minimum absolute atomic E-state index is 0.178. The Kier molecular flexibility index (Phi) is 3.57. The van der Waals surface area contributed by atoms with Gasteiger partial charge in [0, 0.05) is 17.0 Å². The van der Waals surface area contributed by atoms with Crippen LogP contribution in [-0.4, -0.2) is 5.97 Å². The van der Waals surface area contributed by atoms with Gasteiger partial charge >= 0.3 is 5.97 Å². The fourth-order valence-corrected chi connectivity index (χ4v) is 2.39. The molecular weight excluding hydrogens is 272 g/mol. The first-order valence-electron chi connectivity index (χ1n) is 6.44. The van der Waals surface area contributed by atoms with Crippen LogP contribution in [0.4, 0.5) is 0 Å². The lowest BCUT2D eigenvalue weighted by atomic mass is 10.0. The van der Waals surface area contributed by atoms with Gasteiger partial charge in [-0.1, -0.05) is 54.1 Å². The van der Waals surface area contributed by atoms with E-state index in [-0.39, 0.29) is 12.1 Å². The van der Waals surface area contributed by atoms with Gasteiger partial charge in [-0.15, -0.1) is 0 Å². The van der Waals surface area contributed by atoms with Gasteiger partial charge in [-0.3, -0.25) is 0 Å². The second kappa shape index (κ2) is 5.51. The Morgan fingerprint density at radius 2 is 1.75 bits per heavy atom. The van der Waals surface area contributed by atoms with E-state index in [2.05, 4.69) is 0 Å². The maximum atomic E-state index is 11.9. The van der Waals surface area contributed by atoms with Gasteiger partial charge in [-0.2, -0.15) is 0 Å². The molecule has 1 fully saturated rings. The van der Waals surface area contributed by atoms with Crippen molar-refractivity contribution < 1.29 is 9.53 Å². The van der Waals surface area contributed by atoms with Crippen molar-refractivity contribution in [2.75, 3.05) is 0 Å². The number of carbonyl (C=O) groups is 1. The van der Waals surface area contributed by atoms with Crippen LogP contribution in [0.3, 0.4) is 0 Å². The highest BCUT2D eigenvalue weighted by atomic mass is 35.5. The zero-order chi connectivity index (χ0) is 13.9. The maximum Gasteiger partial charge on any atom is 0.334 e. The molecule has 1 heterocycles. The second-order valence-corrected chi connectivity index (χ2v) is 5.17. The van der Waals surface area contributed by atoms with Crippen LogP contribution in [0.1, 0.15) is 23.7 Å². The average molecular weight is 285 g/mol. The van der Waals surface area contributed by atoms with Crippen LogP contribution in [0.5, 0.6) is 0 Å². The second-order valence-electron chi connectivity index (χ2n) is 4.73. The van der Waals surface area contributed by atoms with Crippen LogP contribution in [-0.2, 0) is 9.53 Å². The van der Waals surface area contributed by atoms with E-state index in [0.29, 0.717) is 17.0 Å². The molecule has 0 amide bonds. The van der Waals surface area contributed by atoms with Crippen molar-refractivity contribution in [2.24, 2.45) is 0 Å². The average Bonchev–Trinajstić information content (AvgIpc) is 2.84. The Morgan fingerprint density at radius 3 is 2.45 bits per heavy atom. The molecule has 0 bridgehead atoms. The summed E-state index contributed by atoms with van der Waals surface area (Å²) in [5.41, 5.74) is 2.68. The van der Waals surface area contributed by atoms with Crippen molar-refractivity contribution in [2.45, 2.75) is 12.5 Å². The summed E-state index contributed by atoms with van der Waals surface area (Å²) in [6.45, 7) is 0. The highest BCUT2D eigenvalue weighted by Gasteiger charge is 2.29. The molecule has 3 rings (SSSR count). The minimum Gasteiger partial charge on any atom is -0.454 e. The molecule has 0 saturated carbocycles. The van der Waals surface area contributed by atoms with E-state index in [1.807, 2.05) is 60.7 Å². The summed E-state index contributed by atoms with van der Waals surface area (Å²) < 4.78 is 5.42. The summed E-state index contributed by atoms with van der Waals surface area (Å²) in [4.78, 5) is 11.9. The first-order chi connectivity index (χ1) is 9.72. The third-order valence-electron chi connectivity index (χ3n) is 3.30. The van der Waals surface area contributed by atoms with Gasteiger partial charge in [0.05, 0.1) is 0 Å². The summed E-state index contributed by atoms with van der Waals surface area (Å²) in [5, 5.41) is 0.684. The number of halogens is 1. The predicted molar refractivity (Wildman–Crippen MR) is 79.3 cm³/mol. The lowest BCUT2D eigenvalue weighted by Crippen LogP contribution is -1.98. The van der Waals surface area contributed by atoms with Crippen molar-refractivity contribution in [3.05, 3.63) is 76.3 Å². The van der Waals surface area contributed by atoms with Crippen LogP contribution in [0.15, 0.2) is 60.2 Å². The van der Waals surface area contributed by atoms with Crippen molar-refractivity contribution in [3.8, 4) is 0 Å². The third kappa shape index (κ3) is 2.75. The molecular formula is C17H13ClO2. The molecule has 100 valence electrons. The van der Waals surface area contributed by atoms with Gasteiger partial charge in [-0.25, -0.2) is 4.79 Å². The molecule has 0 aliphatic carbocycles.